The van der Waals surface area contributed by atoms with Crippen molar-refractivity contribution in [3.63, 3.8) is 0 Å². The molecule has 0 aliphatic carbocycles. The lowest BCUT2D eigenvalue weighted by Crippen LogP contribution is -2.03. The first-order chi connectivity index (χ1) is 9.10. The second kappa shape index (κ2) is 5.67. The Labute approximate surface area is 113 Å². The summed E-state index contributed by atoms with van der Waals surface area (Å²) < 4.78 is 9.66. The average molecular weight is 280 g/mol. The first-order valence-corrected chi connectivity index (χ1v) is 5.93. The van der Waals surface area contributed by atoms with Gasteiger partial charge in [0.1, 0.15) is 0 Å². The van der Waals surface area contributed by atoms with Crippen molar-refractivity contribution in [1.29, 1.82) is 0 Å². The maximum Gasteiger partial charge on any atom is 0.347 e. The van der Waals surface area contributed by atoms with Crippen LogP contribution < -0.4 is 5.63 Å². The Morgan fingerprint density at radius 1 is 1.53 bits per heavy atom. The molecule has 1 heterocycles. The van der Waals surface area contributed by atoms with Crippen molar-refractivity contribution < 1.29 is 13.9 Å². The maximum absolute atomic E-state index is 11.7. The quantitative estimate of drug-likeness (QED) is 0.637. The predicted molar refractivity (Wildman–Crippen MR) is 71.0 cm³/mol. The van der Waals surface area contributed by atoms with E-state index in [4.69, 9.17) is 20.8 Å². The Balaban J connectivity index is 2.39. The average Bonchev–Trinajstić information content (AvgIpc) is 2.38. The maximum atomic E-state index is 11.7. The molecule has 1 aromatic carbocycles. The molecule has 0 saturated heterocycles. The summed E-state index contributed by atoms with van der Waals surface area (Å²) in [5, 5.41) is 0.720. The van der Waals surface area contributed by atoms with E-state index in [1.165, 1.54) is 12.1 Å². The number of nitrogens with zero attached hydrogens (tertiary/aromatic N) is 1. The first kappa shape index (κ1) is 13.3. The monoisotopic (exact) mass is 279 g/mol. The Hall–Kier alpha value is -2.14. The highest BCUT2D eigenvalue weighted by atomic mass is 35.5. The minimum absolute atomic E-state index is 0.0351. The molecule has 0 N–H and O–H groups in total. The van der Waals surface area contributed by atoms with E-state index in [9.17, 15) is 9.59 Å². The second-order valence-electron chi connectivity index (χ2n) is 3.59. The number of hydrogen-bond donors (Lipinski definition) is 0. The van der Waals surface area contributed by atoms with Gasteiger partial charge in [0.25, 0.3) is 0 Å². The molecule has 1 aromatic heterocycles. The summed E-state index contributed by atoms with van der Waals surface area (Å²) in [6, 6.07) is 4.71. The highest BCUT2D eigenvalue weighted by molar-refractivity contribution is 6.31. The molecule has 0 radical (unpaired) electrons. The van der Waals surface area contributed by atoms with Crippen LogP contribution in [-0.2, 0) is 9.53 Å². The van der Waals surface area contributed by atoms with E-state index in [0.717, 1.165) is 6.08 Å². The van der Waals surface area contributed by atoms with E-state index in [2.05, 4.69) is 4.98 Å². The van der Waals surface area contributed by atoms with Gasteiger partial charge in [0.05, 0.1) is 17.5 Å². The van der Waals surface area contributed by atoms with Crippen LogP contribution in [0.2, 0.25) is 5.02 Å². The molecule has 0 atom stereocenters. The lowest BCUT2D eigenvalue weighted by molar-refractivity contribution is -0.137. The normalized spacial score (nSPS) is 11.1. The molecule has 98 valence electrons. The third-order valence-electron chi connectivity index (χ3n) is 2.26. The SMILES string of the molecule is CCOC(=O)C=Cc1nc2ccc(Cl)cc2c(=O)o1. The van der Waals surface area contributed by atoms with Crippen molar-refractivity contribution in [2.24, 2.45) is 0 Å². The van der Waals surface area contributed by atoms with Crippen molar-refractivity contribution in [3.8, 4) is 0 Å². The van der Waals surface area contributed by atoms with E-state index >= 15 is 0 Å². The minimum Gasteiger partial charge on any atom is -0.463 e. The van der Waals surface area contributed by atoms with Crippen molar-refractivity contribution in [3.05, 3.63) is 45.6 Å². The van der Waals surface area contributed by atoms with Gasteiger partial charge in [-0.25, -0.2) is 14.6 Å². The zero-order valence-corrected chi connectivity index (χ0v) is 10.8. The summed E-state index contributed by atoms with van der Waals surface area (Å²) in [7, 11) is 0. The molecule has 0 aliphatic heterocycles. The van der Waals surface area contributed by atoms with Crippen LogP contribution in [0.25, 0.3) is 17.0 Å². The van der Waals surface area contributed by atoms with Gasteiger partial charge in [-0.2, -0.15) is 0 Å². The molecule has 19 heavy (non-hydrogen) atoms. The zero-order chi connectivity index (χ0) is 13.8. The smallest absolute Gasteiger partial charge is 0.347 e. The van der Waals surface area contributed by atoms with Gasteiger partial charge in [0.15, 0.2) is 0 Å². The van der Waals surface area contributed by atoms with Crippen LogP contribution in [0.4, 0.5) is 0 Å². The number of halogens is 1. The fraction of sp³-hybridized carbons (Fsp3) is 0.154. The highest BCUT2D eigenvalue weighted by Gasteiger charge is 2.05. The van der Waals surface area contributed by atoms with Gasteiger partial charge < -0.3 is 9.15 Å². The van der Waals surface area contributed by atoms with Crippen LogP contribution in [0.3, 0.4) is 0 Å². The van der Waals surface area contributed by atoms with Crippen molar-refractivity contribution in [2.45, 2.75) is 6.92 Å². The molecular weight excluding hydrogens is 270 g/mol. The largest absolute Gasteiger partial charge is 0.463 e. The molecular formula is C13H10ClNO4. The molecule has 0 bridgehead atoms. The zero-order valence-electron chi connectivity index (χ0n) is 10.1. The van der Waals surface area contributed by atoms with Crippen LogP contribution in [0.15, 0.2) is 33.5 Å². The number of aromatic nitrogens is 1. The number of rotatable bonds is 3. The Bertz CT molecular complexity index is 705. The van der Waals surface area contributed by atoms with Crippen LogP contribution >= 0.6 is 11.6 Å². The molecule has 0 unspecified atom stereocenters. The van der Waals surface area contributed by atoms with E-state index in [-0.39, 0.29) is 12.5 Å². The van der Waals surface area contributed by atoms with Crippen molar-refractivity contribution in [2.75, 3.05) is 6.61 Å². The van der Waals surface area contributed by atoms with Crippen LogP contribution in [0, 0.1) is 0 Å². The Morgan fingerprint density at radius 3 is 3.05 bits per heavy atom. The number of carbonyl (C=O) groups excluding carboxylic acids is 1. The lowest BCUT2D eigenvalue weighted by Gasteiger charge is -1.98. The third-order valence-corrected chi connectivity index (χ3v) is 2.49. The van der Waals surface area contributed by atoms with Crippen LogP contribution in [0.1, 0.15) is 12.8 Å². The second-order valence-corrected chi connectivity index (χ2v) is 4.02. The number of ether oxygens (including phenoxy) is 1. The van der Waals surface area contributed by atoms with Gasteiger partial charge in [-0.3, -0.25) is 0 Å². The number of carbonyl (C=O) groups is 1. The molecule has 5 nitrogen and oxygen atoms in total. The predicted octanol–water partition coefficient (Wildman–Crippen LogP) is 2.42. The summed E-state index contributed by atoms with van der Waals surface area (Å²) in [6.45, 7) is 1.97. The number of esters is 1. The van der Waals surface area contributed by atoms with Crippen LogP contribution in [0.5, 0.6) is 0 Å². The highest BCUT2D eigenvalue weighted by Crippen LogP contribution is 2.15. The number of hydrogen-bond acceptors (Lipinski definition) is 5. The summed E-state index contributed by atoms with van der Waals surface area (Å²) >= 11 is 5.78. The van der Waals surface area contributed by atoms with Gasteiger partial charge in [0, 0.05) is 17.2 Å². The Morgan fingerprint density at radius 2 is 2.32 bits per heavy atom. The van der Waals surface area contributed by atoms with Crippen LogP contribution in [-0.4, -0.2) is 17.6 Å². The standard InChI is InChI=1S/C13H10ClNO4/c1-2-18-12(16)6-5-11-15-10-4-3-8(14)7-9(10)13(17)19-11/h3-7H,2H2,1H3. The Kier molecular flexibility index (Phi) is 3.97. The molecule has 0 saturated carbocycles. The lowest BCUT2D eigenvalue weighted by atomic mass is 10.2. The van der Waals surface area contributed by atoms with Crippen molar-refractivity contribution in [1.82, 2.24) is 4.98 Å². The molecule has 0 amide bonds. The number of benzene rings is 1. The third kappa shape index (κ3) is 3.20. The van der Waals surface area contributed by atoms with Gasteiger partial charge in [-0.1, -0.05) is 11.6 Å². The van der Waals surface area contributed by atoms with Gasteiger partial charge >= 0.3 is 11.6 Å². The van der Waals surface area contributed by atoms with Crippen molar-refractivity contribution >= 4 is 34.5 Å². The van der Waals surface area contributed by atoms with Gasteiger partial charge in [-0.15, -0.1) is 0 Å². The topological polar surface area (TPSA) is 69.4 Å². The van der Waals surface area contributed by atoms with Gasteiger partial charge in [-0.05, 0) is 25.1 Å². The molecule has 0 fully saturated rings. The molecule has 0 aliphatic rings. The summed E-state index contributed by atoms with van der Waals surface area (Å²) in [6.07, 6.45) is 2.43. The molecule has 2 aromatic rings. The number of fused-ring (bicyclic) bond motifs is 1. The molecule has 0 spiro atoms. The van der Waals surface area contributed by atoms with Gasteiger partial charge in [0.2, 0.25) is 5.89 Å². The van der Waals surface area contributed by atoms with E-state index in [1.54, 1.807) is 19.1 Å². The fourth-order valence-electron chi connectivity index (χ4n) is 1.46. The summed E-state index contributed by atoms with van der Waals surface area (Å²) in [5.74, 6) is -0.490. The molecule has 2 rings (SSSR count). The summed E-state index contributed by atoms with van der Waals surface area (Å²) in [4.78, 5) is 26.9. The fourth-order valence-corrected chi connectivity index (χ4v) is 1.63. The molecule has 6 heteroatoms. The van der Waals surface area contributed by atoms with E-state index < -0.39 is 11.6 Å². The van der Waals surface area contributed by atoms with E-state index in [0.29, 0.717) is 15.9 Å². The van der Waals surface area contributed by atoms with E-state index in [1.807, 2.05) is 0 Å². The summed E-state index contributed by atoms with van der Waals surface area (Å²) in [5.41, 5.74) is -0.111. The first-order valence-electron chi connectivity index (χ1n) is 5.55. The minimum atomic E-state index is -0.559.